The quantitative estimate of drug-likeness (QED) is 0.409. The molecular formula is C19H26F3N3O2. The molecule has 27 heavy (non-hydrogen) atoms. The maximum absolute atomic E-state index is 12.2. The number of halogens is 3. The molecule has 150 valence electrons. The predicted molar refractivity (Wildman–Crippen MR) is 98.9 cm³/mol. The molecule has 2 N–H and O–H groups in total. The summed E-state index contributed by atoms with van der Waals surface area (Å²) in [6.45, 7) is 4.11. The van der Waals surface area contributed by atoms with Gasteiger partial charge in [-0.3, -0.25) is 0 Å². The van der Waals surface area contributed by atoms with E-state index in [1.807, 2.05) is 6.92 Å². The largest absolute Gasteiger partial charge is 0.484 e. The molecule has 0 aromatic heterocycles. The first-order chi connectivity index (χ1) is 13.0. The number of nitrogens with one attached hydrogen (secondary N) is 2. The number of nitrogens with zero attached hydrogens (tertiary/aromatic N) is 1. The van der Waals surface area contributed by atoms with E-state index < -0.39 is 12.8 Å². The molecular weight excluding hydrogens is 359 g/mol. The Bertz CT molecular complexity index is 628. The van der Waals surface area contributed by atoms with Crippen molar-refractivity contribution in [1.82, 2.24) is 10.6 Å². The Morgan fingerprint density at radius 1 is 1.22 bits per heavy atom. The number of alkyl halides is 3. The van der Waals surface area contributed by atoms with Crippen molar-refractivity contribution in [2.24, 2.45) is 4.99 Å². The third-order valence-corrected chi connectivity index (χ3v) is 3.89. The third-order valence-electron chi connectivity index (χ3n) is 3.89. The molecule has 1 aromatic rings. The summed E-state index contributed by atoms with van der Waals surface area (Å²) < 4.78 is 46.5. The van der Waals surface area contributed by atoms with Crippen molar-refractivity contribution < 1.29 is 22.6 Å². The zero-order chi connectivity index (χ0) is 19.5. The van der Waals surface area contributed by atoms with Crippen LogP contribution in [0.3, 0.4) is 0 Å². The van der Waals surface area contributed by atoms with Crippen LogP contribution < -0.4 is 15.4 Å². The Kier molecular flexibility index (Phi) is 8.44. The van der Waals surface area contributed by atoms with Gasteiger partial charge in [0, 0.05) is 13.1 Å². The summed E-state index contributed by atoms with van der Waals surface area (Å²) in [6.07, 6.45) is -0.301. The molecule has 0 spiro atoms. The summed E-state index contributed by atoms with van der Waals surface area (Å²) in [7, 11) is 0. The predicted octanol–water partition coefficient (Wildman–Crippen LogP) is 3.42. The Morgan fingerprint density at radius 3 is 2.63 bits per heavy atom. The van der Waals surface area contributed by atoms with Crippen LogP contribution in [-0.2, 0) is 11.3 Å². The summed E-state index contributed by atoms with van der Waals surface area (Å²) in [4.78, 5) is 4.51. The van der Waals surface area contributed by atoms with E-state index in [2.05, 4.69) is 21.7 Å². The first-order valence-corrected chi connectivity index (χ1v) is 9.02. The second-order valence-electron chi connectivity index (χ2n) is 6.11. The Morgan fingerprint density at radius 2 is 2.00 bits per heavy atom. The number of aliphatic imine (C=N–C) groups is 1. The van der Waals surface area contributed by atoms with Crippen LogP contribution in [0.4, 0.5) is 13.2 Å². The summed E-state index contributed by atoms with van der Waals surface area (Å²) in [6, 6.07) is 6.47. The maximum atomic E-state index is 12.2. The van der Waals surface area contributed by atoms with Gasteiger partial charge in [0.25, 0.3) is 0 Å². The number of ether oxygens (including phenoxy) is 2. The zero-order valence-corrected chi connectivity index (χ0v) is 15.4. The number of rotatable bonds is 8. The van der Waals surface area contributed by atoms with Crippen molar-refractivity contribution >= 4 is 5.96 Å². The fourth-order valence-corrected chi connectivity index (χ4v) is 2.50. The summed E-state index contributed by atoms with van der Waals surface area (Å²) in [5.41, 5.74) is 2.28. The van der Waals surface area contributed by atoms with Gasteiger partial charge in [-0.25, -0.2) is 4.99 Å². The lowest BCUT2D eigenvalue weighted by molar-refractivity contribution is -0.153. The van der Waals surface area contributed by atoms with Gasteiger partial charge in [0.05, 0.1) is 19.8 Å². The summed E-state index contributed by atoms with van der Waals surface area (Å²) in [5, 5.41) is 6.48. The van der Waals surface area contributed by atoms with Crippen LogP contribution >= 0.6 is 0 Å². The molecule has 0 unspecified atom stereocenters. The molecule has 2 rings (SSSR count). The average molecular weight is 385 g/mol. The van der Waals surface area contributed by atoms with Gasteiger partial charge in [0.1, 0.15) is 5.75 Å². The van der Waals surface area contributed by atoms with Crippen LogP contribution in [0.2, 0.25) is 0 Å². The van der Waals surface area contributed by atoms with Crippen LogP contribution in [0.1, 0.15) is 25.3 Å². The lowest BCUT2D eigenvalue weighted by Crippen LogP contribution is -2.38. The van der Waals surface area contributed by atoms with Crippen molar-refractivity contribution in [3.8, 4) is 5.75 Å². The maximum Gasteiger partial charge on any atom is 0.422 e. The normalized spacial score (nSPS) is 15.3. The monoisotopic (exact) mass is 385 g/mol. The molecule has 0 bridgehead atoms. The smallest absolute Gasteiger partial charge is 0.422 e. The molecule has 0 saturated carbocycles. The highest BCUT2D eigenvalue weighted by Gasteiger charge is 2.28. The summed E-state index contributed by atoms with van der Waals surface area (Å²) >= 11 is 0. The van der Waals surface area contributed by atoms with Gasteiger partial charge in [0.15, 0.2) is 12.6 Å². The van der Waals surface area contributed by atoms with Crippen molar-refractivity contribution in [2.45, 2.75) is 32.5 Å². The fourth-order valence-electron chi connectivity index (χ4n) is 2.50. The topological polar surface area (TPSA) is 54.9 Å². The highest BCUT2D eigenvalue weighted by atomic mass is 19.4. The summed E-state index contributed by atoms with van der Waals surface area (Å²) in [5.74, 6) is 0.900. The third kappa shape index (κ3) is 8.81. The van der Waals surface area contributed by atoms with Crippen LogP contribution in [-0.4, -0.2) is 45.0 Å². The van der Waals surface area contributed by atoms with Gasteiger partial charge in [-0.2, -0.15) is 13.2 Å². The first kappa shape index (κ1) is 21.1. The number of hydrogen-bond donors (Lipinski definition) is 2. The van der Waals surface area contributed by atoms with Crippen molar-refractivity contribution in [3.05, 3.63) is 41.5 Å². The molecule has 0 radical (unpaired) electrons. The molecule has 1 aliphatic heterocycles. The van der Waals surface area contributed by atoms with Gasteiger partial charge in [0.2, 0.25) is 0 Å². The van der Waals surface area contributed by atoms with Crippen molar-refractivity contribution in [3.63, 3.8) is 0 Å². The molecule has 1 aromatic carbocycles. The molecule has 0 fully saturated rings. The second kappa shape index (κ2) is 10.8. The van der Waals surface area contributed by atoms with Crippen molar-refractivity contribution in [2.75, 3.05) is 32.9 Å². The molecule has 0 saturated heterocycles. The zero-order valence-electron chi connectivity index (χ0n) is 15.4. The fraction of sp³-hybridized carbons (Fsp3) is 0.526. The van der Waals surface area contributed by atoms with Gasteiger partial charge in [-0.05, 0) is 37.5 Å². The van der Waals surface area contributed by atoms with E-state index in [-0.39, 0.29) is 5.75 Å². The van der Waals surface area contributed by atoms with Crippen LogP contribution in [0.15, 0.2) is 40.9 Å². The molecule has 0 aliphatic carbocycles. The average Bonchev–Trinajstić information content (AvgIpc) is 2.65. The Labute approximate surface area is 157 Å². The van der Waals surface area contributed by atoms with Crippen LogP contribution in [0, 0.1) is 0 Å². The molecule has 5 nitrogen and oxygen atoms in total. The molecule has 1 aliphatic rings. The van der Waals surface area contributed by atoms with E-state index in [0.717, 1.165) is 38.1 Å². The first-order valence-electron chi connectivity index (χ1n) is 9.02. The van der Waals surface area contributed by atoms with E-state index in [9.17, 15) is 13.2 Å². The standard InChI is InChI=1S/C19H26F3N3O2/c1-2-23-18(24-10-7-15-8-11-26-12-9-15)25-13-16-3-5-17(6-4-16)27-14-19(20,21)22/h3-6,8H,2,7,9-14H2,1H3,(H2,23,24,25). The van der Waals surface area contributed by atoms with E-state index in [0.29, 0.717) is 19.1 Å². The van der Waals surface area contributed by atoms with Crippen LogP contribution in [0.5, 0.6) is 5.75 Å². The SMILES string of the molecule is CCNC(=NCc1ccc(OCC(F)(F)F)cc1)NCCC1=CCOCC1. The van der Waals surface area contributed by atoms with Gasteiger partial charge >= 0.3 is 6.18 Å². The lowest BCUT2D eigenvalue weighted by atomic mass is 10.1. The molecule has 0 atom stereocenters. The minimum Gasteiger partial charge on any atom is -0.484 e. The molecule has 1 heterocycles. The number of hydrogen-bond acceptors (Lipinski definition) is 3. The van der Waals surface area contributed by atoms with Gasteiger partial charge in [-0.15, -0.1) is 0 Å². The van der Waals surface area contributed by atoms with E-state index in [4.69, 9.17) is 9.47 Å². The Balaban J connectivity index is 1.81. The van der Waals surface area contributed by atoms with Gasteiger partial charge in [-0.1, -0.05) is 23.8 Å². The van der Waals surface area contributed by atoms with Crippen molar-refractivity contribution in [1.29, 1.82) is 0 Å². The minimum atomic E-state index is -4.34. The second-order valence-corrected chi connectivity index (χ2v) is 6.11. The van der Waals surface area contributed by atoms with E-state index in [1.54, 1.807) is 12.1 Å². The van der Waals surface area contributed by atoms with Crippen LogP contribution in [0.25, 0.3) is 0 Å². The highest BCUT2D eigenvalue weighted by Crippen LogP contribution is 2.19. The molecule has 8 heteroatoms. The highest BCUT2D eigenvalue weighted by molar-refractivity contribution is 5.79. The van der Waals surface area contributed by atoms with Gasteiger partial charge < -0.3 is 20.1 Å². The number of guanidine groups is 1. The molecule has 0 amide bonds. The number of benzene rings is 1. The minimum absolute atomic E-state index is 0.190. The van der Waals surface area contributed by atoms with E-state index >= 15 is 0 Å². The lowest BCUT2D eigenvalue weighted by Gasteiger charge is -2.15. The van der Waals surface area contributed by atoms with E-state index in [1.165, 1.54) is 17.7 Å². The Hall–Kier alpha value is -2.22.